The zero-order valence-corrected chi connectivity index (χ0v) is 15.9. The molecule has 5 atom stereocenters. The normalized spacial score (nSPS) is 28.4. The molecule has 0 amide bonds. The highest BCUT2D eigenvalue weighted by molar-refractivity contribution is 5.81. The molecule has 1 aliphatic heterocycles. The van der Waals surface area contributed by atoms with Crippen molar-refractivity contribution in [2.24, 2.45) is 5.92 Å². The van der Waals surface area contributed by atoms with Crippen LogP contribution >= 0.6 is 0 Å². The summed E-state index contributed by atoms with van der Waals surface area (Å²) >= 11 is 0. The van der Waals surface area contributed by atoms with Crippen LogP contribution in [0.25, 0.3) is 0 Å². The van der Waals surface area contributed by atoms with E-state index in [1.807, 2.05) is 6.92 Å². The summed E-state index contributed by atoms with van der Waals surface area (Å²) in [7, 11) is 0. The smallest absolute Gasteiger partial charge is 0.330 e. The molecule has 6 nitrogen and oxygen atoms in total. The second kappa shape index (κ2) is 11.6. The third-order valence-electron chi connectivity index (χ3n) is 4.66. The number of aliphatic hydroxyl groups excluding tert-OH is 2. The van der Waals surface area contributed by atoms with Crippen LogP contribution in [0.4, 0.5) is 0 Å². The molecule has 6 heteroatoms. The van der Waals surface area contributed by atoms with Gasteiger partial charge in [-0.1, -0.05) is 32.8 Å². The average Bonchev–Trinajstić information content (AvgIpc) is 2.57. The van der Waals surface area contributed by atoms with Crippen LogP contribution in [0, 0.1) is 5.92 Å². The van der Waals surface area contributed by atoms with Crippen molar-refractivity contribution in [2.45, 2.75) is 90.5 Å². The Labute approximate surface area is 151 Å². The molecule has 0 spiro atoms. The molecular weight excluding hydrogens is 324 g/mol. The van der Waals surface area contributed by atoms with Crippen LogP contribution in [0.2, 0.25) is 0 Å². The second-order valence-electron chi connectivity index (χ2n) is 6.82. The molecule has 0 aliphatic carbocycles. The number of ether oxygens (including phenoxy) is 3. The van der Waals surface area contributed by atoms with E-state index in [1.165, 1.54) is 6.08 Å². The van der Waals surface area contributed by atoms with Crippen molar-refractivity contribution in [3.8, 4) is 0 Å². The quantitative estimate of drug-likeness (QED) is 0.461. The second-order valence-corrected chi connectivity index (χ2v) is 6.82. The van der Waals surface area contributed by atoms with Crippen molar-refractivity contribution in [3.05, 3.63) is 12.2 Å². The van der Waals surface area contributed by atoms with Gasteiger partial charge in [0.05, 0.1) is 24.9 Å². The fourth-order valence-corrected chi connectivity index (χ4v) is 2.65. The van der Waals surface area contributed by atoms with Crippen LogP contribution in [0.15, 0.2) is 12.2 Å². The maximum atomic E-state index is 11.6. The Bertz CT molecular complexity index is 407. The van der Waals surface area contributed by atoms with Crippen molar-refractivity contribution in [3.63, 3.8) is 0 Å². The number of allylic oxidation sites excluding steroid dienone is 1. The summed E-state index contributed by atoms with van der Waals surface area (Å²) in [6.07, 6.45) is 4.16. The number of hydrogen-bond acceptors (Lipinski definition) is 6. The van der Waals surface area contributed by atoms with Crippen molar-refractivity contribution in [1.82, 2.24) is 0 Å². The number of carbonyl (C=O) groups excluding carboxylic acids is 1. The Balaban J connectivity index is 2.23. The first kappa shape index (κ1) is 22.1. The molecule has 1 rings (SSSR count). The summed E-state index contributed by atoms with van der Waals surface area (Å²) in [5.41, 5.74) is 0. The van der Waals surface area contributed by atoms with E-state index in [0.717, 1.165) is 12.8 Å². The maximum Gasteiger partial charge on any atom is 0.330 e. The highest BCUT2D eigenvalue weighted by Gasteiger charge is 2.35. The zero-order chi connectivity index (χ0) is 18.8. The van der Waals surface area contributed by atoms with Crippen LogP contribution in [-0.2, 0) is 19.0 Å². The van der Waals surface area contributed by atoms with Gasteiger partial charge < -0.3 is 24.4 Å². The third-order valence-corrected chi connectivity index (χ3v) is 4.66. The Hall–Kier alpha value is -0.950. The summed E-state index contributed by atoms with van der Waals surface area (Å²) in [5, 5.41) is 19.6. The predicted octanol–water partition coefficient (Wildman–Crippen LogP) is 2.56. The minimum absolute atomic E-state index is 0.132. The van der Waals surface area contributed by atoms with Gasteiger partial charge in [0.25, 0.3) is 0 Å². The molecule has 146 valence electrons. The molecule has 0 aromatic rings. The lowest BCUT2D eigenvalue weighted by atomic mass is 10.0. The van der Waals surface area contributed by atoms with E-state index < -0.39 is 18.5 Å². The molecular formula is C19H34O6. The lowest BCUT2D eigenvalue weighted by Crippen LogP contribution is -2.48. The number of rotatable bonds is 10. The van der Waals surface area contributed by atoms with Crippen molar-refractivity contribution in [2.75, 3.05) is 6.61 Å². The van der Waals surface area contributed by atoms with Gasteiger partial charge in [0, 0.05) is 12.5 Å². The molecule has 1 saturated heterocycles. The summed E-state index contributed by atoms with van der Waals surface area (Å²) in [5.74, 6) is 0.114. The maximum absolute atomic E-state index is 11.6. The minimum atomic E-state index is -0.829. The van der Waals surface area contributed by atoms with E-state index in [-0.39, 0.29) is 24.6 Å². The number of aliphatic hydroxyl groups is 2. The van der Waals surface area contributed by atoms with E-state index in [9.17, 15) is 15.0 Å². The molecule has 1 fully saturated rings. The molecule has 1 aliphatic rings. The zero-order valence-electron chi connectivity index (χ0n) is 15.9. The molecule has 2 unspecified atom stereocenters. The van der Waals surface area contributed by atoms with Gasteiger partial charge in [-0.15, -0.1) is 0 Å². The number of esters is 1. The van der Waals surface area contributed by atoms with Gasteiger partial charge in [-0.25, -0.2) is 4.79 Å². The first-order valence-electron chi connectivity index (χ1n) is 9.37. The van der Waals surface area contributed by atoms with Gasteiger partial charge in [-0.3, -0.25) is 0 Å². The van der Waals surface area contributed by atoms with Gasteiger partial charge in [0.1, 0.15) is 6.10 Å². The Morgan fingerprint density at radius 3 is 2.60 bits per heavy atom. The topological polar surface area (TPSA) is 85.2 Å². The first-order chi connectivity index (χ1) is 11.9. The molecule has 0 aromatic heterocycles. The standard InChI is InChI=1S/C19H34O6/c1-5-15(6-2)12-23-18(22)10-8-7-9-13(3)24-19-17(21)11-16(20)14(4)25-19/h8,10,13-17,19-21H,5-7,9,11-12H2,1-4H3/b10-8+/t13-,14+,16?,17-,19?/m1/s1. The lowest BCUT2D eigenvalue weighted by Gasteiger charge is -2.36. The van der Waals surface area contributed by atoms with E-state index in [0.29, 0.717) is 25.4 Å². The van der Waals surface area contributed by atoms with Crippen LogP contribution < -0.4 is 0 Å². The van der Waals surface area contributed by atoms with Crippen molar-refractivity contribution in [1.29, 1.82) is 0 Å². The molecule has 25 heavy (non-hydrogen) atoms. The number of carbonyl (C=O) groups is 1. The molecule has 0 saturated carbocycles. The van der Waals surface area contributed by atoms with Crippen LogP contribution in [0.3, 0.4) is 0 Å². The fourth-order valence-electron chi connectivity index (χ4n) is 2.65. The van der Waals surface area contributed by atoms with Crippen LogP contribution in [0.5, 0.6) is 0 Å². The summed E-state index contributed by atoms with van der Waals surface area (Å²) in [6.45, 7) is 8.30. The molecule has 0 bridgehead atoms. The monoisotopic (exact) mass is 358 g/mol. The van der Waals surface area contributed by atoms with Gasteiger partial charge >= 0.3 is 5.97 Å². The van der Waals surface area contributed by atoms with Gasteiger partial charge in [-0.05, 0) is 32.6 Å². The van der Waals surface area contributed by atoms with Crippen LogP contribution in [0.1, 0.15) is 59.8 Å². The summed E-state index contributed by atoms with van der Waals surface area (Å²) in [6, 6.07) is 0. The van der Waals surface area contributed by atoms with Gasteiger partial charge in [0.15, 0.2) is 6.29 Å². The van der Waals surface area contributed by atoms with E-state index in [1.54, 1.807) is 13.0 Å². The third kappa shape index (κ3) is 8.31. The largest absolute Gasteiger partial charge is 0.462 e. The molecule has 0 aromatic carbocycles. The molecule has 0 radical (unpaired) electrons. The molecule has 1 heterocycles. The Morgan fingerprint density at radius 1 is 1.28 bits per heavy atom. The van der Waals surface area contributed by atoms with E-state index in [4.69, 9.17) is 14.2 Å². The van der Waals surface area contributed by atoms with Crippen molar-refractivity contribution >= 4 is 5.97 Å². The number of hydrogen-bond donors (Lipinski definition) is 2. The average molecular weight is 358 g/mol. The van der Waals surface area contributed by atoms with Crippen molar-refractivity contribution < 1.29 is 29.2 Å². The Morgan fingerprint density at radius 2 is 1.96 bits per heavy atom. The van der Waals surface area contributed by atoms with Gasteiger partial charge in [0.2, 0.25) is 0 Å². The highest BCUT2D eigenvalue weighted by atomic mass is 16.7. The first-order valence-corrected chi connectivity index (χ1v) is 9.37. The van der Waals surface area contributed by atoms with Crippen LogP contribution in [-0.4, -0.2) is 53.5 Å². The summed E-state index contributed by atoms with van der Waals surface area (Å²) in [4.78, 5) is 11.6. The minimum Gasteiger partial charge on any atom is -0.462 e. The van der Waals surface area contributed by atoms with Gasteiger partial charge in [-0.2, -0.15) is 0 Å². The SMILES string of the molecule is CCC(CC)COC(=O)/C=C/CC[C@@H](C)OC1O[C@@H](C)C(O)C[C@H]1O. The highest BCUT2D eigenvalue weighted by Crippen LogP contribution is 2.22. The summed E-state index contributed by atoms with van der Waals surface area (Å²) < 4.78 is 16.4. The fraction of sp³-hybridized carbons (Fsp3) is 0.842. The predicted molar refractivity (Wildman–Crippen MR) is 94.9 cm³/mol. The Kier molecular flexibility index (Phi) is 10.3. The molecule has 2 N–H and O–H groups in total. The lowest BCUT2D eigenvalue weighted by molar-refractivity contribution is -0.273. The van der Waals surface area contributed by atoms with E-state index >= 15 is 0 Å². The van der Waals surface area contributed by atoms with E-state index in [2.05, 4.69) is 13.8 Å².